The van der Waals surface area contributed by atoms with Gasteiger partial charge in [0, 0.05) is 11.5 Å². The molecule has 2 unspecified atom stereocenters. The van der Waals surface area contributed by atoms with Crippen LogP contribution in [0.3, 0.4) is 0 Å². The van der Waals surface area contributed by atoms with Crippen molar-refractivity contribution in [3.63, 3.8) is 0 Å². The fourth-order valence-corrected chi connectivity index (χ4v) is 2.55. The molecule has 0 amide bonds. The molecule has 0 saturated heterocycles. The summed E-state index contributed by atoms with van der Waals surface area (Å²) in [5.74, 6) is -1.22. The molecule has 0 aromatic heterocycles. The average molecular weight is 312 g/mol. The molecule has 120 valence electrons. The van der Waals surface area contributed by atoms with E-state index < -0.39 is 11.9 Å². The lowest BCUT2D eigenvalue weighted by Gasteiger charge is -2.21. The summed E-state index contributed by atoms with van der Waals surface area (Å²) in [4.78, 5) is 25.0. The number of carbonyl (C=O) groups excluding carboxylic acids is 2. The number of ketones is 1. The minimum absolute atomic E-state index is 0.235. The summed E-state index contributed by atoms with van der Waals surface area (Å²) in [5, 5.41) is 0. The molecule has 0 radical (unpaired) electrons. The maximum atomic E-state index is 12.8. The fourth-order valence-electron chi connectivity index (χ4n) is 2.55. The second kappa shape index (κ2) is 7.58. The number of hydrogen-bond donors (Lipinski definition) is 0. The largest absolute Gasteiger partial charge is 0.497 e. The van der Waals surface area contributed by atoms with Gasteiger partial charge in [-0.15, -0.1) is 0 Å². The zero-order valence-corrected chi connectivity index (χ0v) is 13.5. The van der Waals surface area contributed by atoms with Crippen LogP contribution in [0.2, 0.25) is 0 Å². The second-order valence-corrected chi connectivity index (χ2v) is 5.29. The first-order valence-corrected chi connectivity index (χ1v) is 7.39. The van der Waals surface area contributed by atoms with Crippen molar-refractivity contribution < 1.29 is 19.1 Å². The molecule has 4 heteroatoms. The van der Waals surface area contributed by atoms with Gasteiger partial charge in [0.2, 0.25) is 0 Å². The molecule has 2 rings (SSSR count). The molecule has 2 atom stereocenters. The summed E-state index contributed by atoms with van der Waals surface area (Å²) < 4.78 is 9.99. The molecule has 0 aliphatic carbocycles. The van der Waals surface area contributed by atoms with Gasteiger partial charge in [0.1, 0.15) is 11.7 Å². The zero-order chi connectivity index (χ0) is 16.8. The monoisotopic (exact) mass is 312 g/mol. The van der Waals surface area contributed by atoms with Gasteiger partial charge in [-0.3, -0.25) is 9.59 Å². The number of hydrogen-bond acceptors (Lipinski definition) is 4. The Morgan fingerprint density at radius 3 is 2.04 bits per heavy atom. The van der Waals surface area contributed by atoms with Crippen LogP contribution < -0.4 is 4.74 Å². The van der Waals surface area contributed by atoms with Crippen molar-refractivity contribution in [1.29, 1.82) is 0 Å². The highest BCUT2D eigenvalue weighted by Crippen LogP contribution is 2.29. The quantitative estimate of drug-likeness (QED) is 0.465. The minimum atomic E-state index is -0.879. The van der Waals surface area contributed by atoms with Gasteiger partial charge in [0.05, 0.1) is 14.2 Å². The Morgan fingerprint density at radius 1 is 0.913 bits per heavy atom. The van der Waals surface area contributed by atoms with Crippen molar-refractivity contribution in [3.05, 3.63) is 65.7 Å². The molecule has 0 bridgehead atoms. The van der Waals surface area contributed by atoms with Crippen LogP contribution in [0.1, 0.15) is 28.8 Å². The van der Waals surface area contributed by atoms with E-state index in [2.05, 4.69) is 0 Å². The first-order chi connectivity index (χ1) is 11.1. The van der Waals surface area contributed by atoms with Crippen LogP contribution in [-0.4, -0.2) is 26.0 Å². The Kier molecular flexibility index (Phi) is 5.52. The molecule has 2 aromatic rings. The van der Waals surface area contributed by atoms with Gasteiger partial charge >= 0.3 is 5.97 Å². The number of benzene rings is 2. The third-order valence-corrected chi connectivity index (χ3v) is 3.94. The minimum Gasteiger partial charge on any atom is -0.497 e. The van der Waals surface area contributed by atoms with Crippen molar-refractivity contribution in [2.75, 3.05) is 14.2 Å². The Hall–Kier alpha value is -2.62. The standard InChI is InChI=1S/C19H20O4/c1-13(14-9-11-16(22-2)12-10-14)17(19(21)23-3)18(20)15-7-5-4-6-8-15/h4-13,17H,1-3H3. The maximum absolute atomic E-state index is 12.8. The molecule has 0 saturated carbocycles. The van der Waals surface area contributed by atoms with Crippen LogP contribution in [0.15, 0.2) is 54.6 Å². The first kappa shape index (κ1) is 16.7. The van der Waals surface area contributed by atoms with E-state index in [9.17, 15) is 9.59 Å². The van der Waals surface area contributed by atoms with Crippen LogP contribution >= 0.6 is 0 Å². The van der Waals surface area contributed by atoms with Gasteiger partial charge < -0.3 is 9.47 Å². The van der Waals surface area contributed by atoms with Crippen LogP contribution in [-0.2, 0) is 9.53 Å². The van der Waals surface area contributed by atoms with Gasteiger partial charge in [-0.1, -0.05) is 49.4 Å². The highest BCUT2D eigenvalue weighted by molar-refractivity contribution is 6.09. The number of methoxy groups -OCH3 is 2. The molecule has 0 heterocycles. The highest BCUT2D eigenvalue weighted by Gasteiger charge is 2.34. The molecule has 0 fully saturated rings. The van der Waals surface area contributed by atoms with Gasteiger partial charge in [-0.25, -0.2) is 0 Å². The molecule has 4 nitrogen and oxygen atoms in total. The van der Waals surface area contributed by atoms with Crippen molar-refractivity contribution in [3.8, 4) is 5.75 Å². The third-order valence-electron chi connectivity index (χ3n) is 3.94. The van der Waals surface area contributed by atoms with E-state index in [-0.39, 0.29) is 11.7 Å². The number of esters is 1. The summed E-state index contributed by atoms with van der Waals surface area (Å²) >= 11 is 0. The second-order valence-electron chi connectivity index (χ2n) is 5.29. The normalized spacial score (nSPS) is 13.0. The van der Waals surface area contributed by atoms with Gasteiger partial charge in [0.15, 0.2) is 5.78 Å². The summed E-state index contributed by atoms with van der Waals surface area (Å²) in [6, 6.07) is 16.1. The lowest BCUT2D eigenvalue weighted by atomic mass is 9.82. The molecular weight excluding hydrogens is 292 g/mol. The lowest BCUT2D eigenvalue weighted by Crippen LogP contribution is -2.30. The summed E-state index contributed by atoms with van der Waals surface area (Å²) in [5.41, 5.74) is 1.38. The summed E-state index contributed by atoms with van der Waals surface area (Å²) in [7, 11) is 2.89. The van der Waals surface area contributed by atoms with Gasteiger partial charge in [-0.05, 0) is 17.7 Å². The molecule has 23 heavy (non-hydrogen) atoms. The number of rotatable bonds is 6. The average Bonchev–Trinajstić information content (AvgIpc) is 2.62. The van der Waals surface area contributed by atoms with Crippen molar-refractivity contribution in [2.45, 2.75) is 12.8 Å². The van der Waals surface area contributed by atoms with Crippen LogP contribution in [0.4, 0.5) is 0 Å². The Bertz CT molecular complexity index is 662. The molecular formula is C19H20O4. The van der Waals surface area contributed by atoms with E-state index in [1.54, 1.807) is 31.4 Å². The van der Waals surface area contributed by atoms with E-state index in [4.69, 9.17) is 9.47 Å². The Morgan fingerprint density at radius 2 is 1.52 bits per heavy atom. The fraction of sp³-hybridized carbons (Fsp3) is 0.263. The third kappa shape index (κ3) is 3.77. The maximum Gasteiger partial charge on any atom is 0.317 e. The van der Waals surface area contributed by atoms with Crippen molar-refractivity contribution in [1.82, 2.24) is 0 Å². The Labute approximate surface area is 136 Å². The lowest BCUT2D eigenvalue weighted by molar-refractivity contribution is -0.144. The Balaban J connectivity index is 2.33. The molecule has 2 aromatic carbocycles. The topological polar surface area (TPSA) is 52.6 Å². The first-order valence-electron chi connectivity index (χ1n) is 7.39. The van der Waals surface area contributed by atoms with Gasteiger partial charge in [-0.2, -0.15) is 0 Å². The smallest absolute Gasteiger partial charge is 0.317 e. The number of carbonyl (C=O) groups is 2. The van der Waals surface area contributed by atoms with Crippen LogP contribution in [0.5, 0.6) is 5.75 Å². The van der Waals surface area contributed by atoms with Gasteiger partial charge in [0.25, 0.3) is 0 Å². The van der Waals surface area contributed by atoms with E-state index in [1.807, 2.05) is 37.3 Å². The molecule has 0 aliphatic heterocycles. The van der Waals surface area contributed by atoms with Crippen LogP contribution in [0, 0.1) is 5.92 Å². The van der Waals surface area contributed by atoms with Crippen molar-refractivity contribution in [2.24, 2.45) is 5.92 Å². The van der Waals surface area contributed by atoms with Crippen LogP contribution in [0.25, 0.3) is 0 Å². The SMILES string of the molecule is COC(=O)C(C(=O)c1ccccc1)C(C)c1ccc(OC)cc1. The van der Waals surface area contributed by atoms with E-state index in [0.29, 0.717) is 5.56 Å². The zero-order valence-electron chi connectivity index (χ0n) is 13.5. The predicted molar refractivity (Wildman–Crippen MR) is 87.7 cm³/mol. The van der Waals surface area contributed by atoms with E-state index in [1.165, 1.54) is 7.11 Å². The summed E-state index contributed by atoms with van der Waals surface area (Å²) in [6.45, 7) is 1.85. The highest BCUT2D eigenvalue weighted by atomic mass is 16.5. The number of Topliss-reactive ketones (excluding diaryl/α,β-unsaturated/α-hetero) is 1. The van der Waals surface area contributed by atoms with E-state index in [0.717, 1.165) is 11.3 Å². The van der Waals surface area contributed by atoms with E-state index >= 15 is 0 Å². The number of ether oxygens (including phenoxy) is 2. The van der Waals surface area contributed by atoms with Crippen molar-refractivity contribution >= 4 is 11.8 Å². The molecule has 0 spiro atoms. The predicted octanol–water partition coefficient (Wildman–Crippen LogP) is 3.47. The molecule has 0 aliphatic rings. The summed E-state index contributed by atoms with van der Waals surface area (Å²) in [6.07, 6.45) is 0. The molecule has 0 N–H and O–H groups in total.